The Morgan fingerprint density at radius 3 is 2.45 bits per heavy atom. The topological polar surface area (TPSA) is 67.0 Å². The molecule has 0 aliphatic rings. The first-order valence-electron chi connectivity index (χ1n) is 9.98. The normalized spacial score (nSPS) is 12.4. The van der Waals surface area contributed by atoms with E-state index in [1.165, 1.54) is 0 Å². The van der Waals surface area contributed by atoms with Gasteiger partial charge in [-0.2, -0.15) is 0 Å². The van der Waals surface area contributed by atoms with Crippen LogP contribution in [0.4, 0.5) is 0 Å². The molecular formula is C24H25N3O2. The summed E-state index contributed by atoms with van der Waals surface area (Å²) in [5.41, 5.74) is 2.39. The monoisotopic (exact) mass is 387 g/mol. The smallest absolute Gasteiger partial charge is 0.255 e. The van der Waals surface area contributed by atoms with E-state index >= 15 is 0 Å². The highest BCUT2D eigenvalue weighted by Crippen LogP contribution is 2.28. The van der Waals surface area contributed by atoms with Crippen LogP contribution in [-0.2, 0) is 0 Å². The molecule has 0 bridgehead atoms. The Morgan fingerprint density at radius 2 is 1.76 bits per heavy atom. The molecule has 0 radical (unpaired) electrons. The zero-order chi connectivity index (χ0) is 20.4. The summed E-state index contributed by atoms with van der Waals surface area (Å²) in [7, 11) is 0. The van der Waals surface area contributed by atoms with Crippen molar-refractivity contribution in [2.24, 2.45) is 5.92 Å². The molecule has 29 heavy (non-hydrogen) atoms. The molecule has 5 nitrogen and oxygen atoms in total. The van der Waals surface area contributed by atoms with E-state index in [4.69, 9.17) is 4.74 Å². The molecule has 4 rings (SSSR count). The Labute approximate surface area is 170 Å². The van der Waals surface area contributed by atoms with Crippen molar-refractivity contribution < 1.29 is 9.53 Å². The maximum absolute atomic E-state index is 13.3. The number of benzene rings is 3. The molecular weight excluding hydrogens is 362 g/mol. The maximum atomic E-state index is 13.3. The van der Waals surface area contributed by atoms with Gasteiger partial charge in [-0.15, -0.1) is 0 Å². The van der Waals surface area contributed by atoms with Crippen molar-refractivity contribution >= 4 is 27.7 Å². The number of aromatic nitrogens is 2. The van der Waals surface area contributed by atoms with E-state index in [1.54, 1.807) is 0 Å². The lowest BCUT2D eigenvalue weighted by Crippen LogP contribution is -2.32. The average Bonchev–Trinajstić information content (AvgIpc) is 3.15. The van der Waals surface area contributed by atoms with E-state index in [-0.39, 0.29) is 17.9 Å². The lowest BCUT2D eigenvalue weighted by molar-refractivity contribution is 0.0919. The highest BCUT2D eigenvalue weighted by Gasteiger charge is 2.24. The fourth-order valence-corrected chi connectivity index (χ4v) is 3.56. The molecule has 148 valence electrons. The number of amides is 1. The molecule has 1 amide bonds. The predicted molar refractivity (Wildman–Crippen MR) is 116 cm³/mol. The van der Waals surface area contributed by atoms with Gasteiger partial charge in [-0.25, -0.2) is 4.98 Å². The molecule has 0 spiro atoms. The largest absolute Gasteiger partial charge is 0.493 e. The number of hydrogen-bond donors (Lipinski definition) is 2. The number of carbonyl (C=O) groups excluding carboxylic acids is 1. The minimum absolute atomic E-state index is 0.163. The second-order valence-corrected chi connectivity index (χ2v) is 7.46. The van der Waals surface area contributed by atoms with Gasteiger partial charge in [0.15, 0.2) is 0 Å². The minimum Gasteiger partial charge on any atom is -0.493 e. The molecule has 2 N–H and O–H groups in total. The summed E-state index contributed by atoms with van der Waals surface area (Å²) in [4.78, 5) is 21.3. The van der Waals surface area contributed by atoms with Crippen molar-refractivity contribution in [3.63, 3.8) is 0 Å². The molecule has 0 aliphatic heterocycles. The fourth-order valence-electron chi connectivity index (χ4n) is 3.56. The fraction of sp³-hybridized carbons (Fsp3) is 0.250. The van der Waals surface area contributed by atoms with Crippen LogP contribution in [0.1, 0.15) is 43.0 Å². The molecule has 0 saturated heterocycles. The number of imidazole rings is 1. The number of fused-ring (bicyclic) bond motifs is 2. The number of nitrogens with zero attached hydrogens (tertiary/aromatic N) is 1. The number of nitrogens with one attached hydrogen (secondary N) is 2. The van der Waals surface area contributed by atoms with Crippen LogP contribution in [0.2, 0.25) is 0 Å². The van der Waals surface area contributed by atoms with E-state index in [0.29, 0.717) is 17.9 Å². The molecule has 1 atom stereocenters. The first-order valence-corrected chi connectivity index (χ1v) is 9.98. The highest BCUT2D eigenvalue weighted by molar-refractivity contribution is 6.01. The summed E-state index contributed by atoms with van der Waals surface area (Å²) in [5, 5.41) is 5.21. The first kappa shape index (κ1) is 19.0. The maximum Gasteiger partial charge on any atom is 0.255 e. The first-order chi connectivity index (χ1) is 14.1. The number of H-pyrrole nitrogens is 1. The van der Waals surface area contributed by atoms with Crippen LogP contribution in [0.15, 0.2) is 60.7 Å². The molecule has 0 saturated carbocycles. The van der Waals surface area contributed by atoms with Crippen LogP contribution in [0.3, 0.4) is 0 Å². The minimum atomic E-state index is -0.240. The van der Waals surface area contributed by atoms with Crippen LogP contribution in [-0.4, -0.2) is 22.5 Å². The standard InChI is InChI=1S/C24H25N3O2/c1-4-29-21-14-17-10-6-5-9-16(17)13-18(21)24(28)27-22(15(2)3)23-25-19-11-7-8-12-20(19)26-23/h5-15,22H,4H2,1-3H3,(H,25,26)(H,27,28)/t22-/m0/s1. The van der Waals surface area contributed by atoms with Crippen molar-refractivity contribution in [3.8, 4) is 5.75 Å². The number of carbonyl (C=O) groups is 1. The number of ether oxygens (including phenoxy) is 1. The van der Waals surface area contributed by atoms with Crippen molar-refractivity contribution in [2.75, 3.05) is 6.61 Å². The van der Waals surface area contributed by atoms with Gasteiger partial charge in [-0.3, -0.25) is 4.79 Å². The third-order valence-electron chi connectivity index (χ3n) is 5.05. The molecule has 4 aromatic rings. The van der Waals surface area contributed by atoms with Crippen molar-refractivity contribution in [1.29, 1.82) is 0 Å². The van der Waals surface area contributed by atoms with Crippen molar-refractivity contribution in [1.82, 2.24) is 15.3 Å². The quantitative estimate of drug-likeness (QED) is 0.475. The summed E-state index contributed by atoms with van der Waals surface area (Å²) in [6.45, 7) is 6.56. The van der Waals surface area contributed by atoms with Gasteiger partial charge in [-0.1, -0.05) is 50.2 Å². The summed E-state index contributed by atoms with van der Waals surface area (Å²) < 4.78 is 5.78. The Bertz CT molecular complexity index is 1130. The third kappa shape index (κ3) is 3.81. The average molecular weight is 387 g/mol. The molecule has 1 aromatic heterocycles. The highest BCUT2D eigenvalue weighted by atomic mass is 16.5. The lowest BCUT2D eigenvalue weighted by atomic mass is 10.0. The van der Waals surface area contributed by atoms with Crippen LogP contribution in [0, 0.1) is 5.92 Å². The number of aromatic amines is 1. The molecule has 0 unspecified atom stereocenters. The van der Waals surface area contributed by atoms with Gasteiger partial charge in [0.1, 0.15) is 11.6 Å². The van der Waals surface area contributed by atoms with Crippen LogP contribution >= 0.6 is 0 Å². The molecule has 1 heterocycles. The summed E-state index contributed by atoms with van der Waals surface area (Å²) in [5.74, 6) is 1.35. The number of para-hydroxylation sites is 2. The van der Waals surface area contributed by atoms with E-state index < -0.39 is 0 Å². The Kier molecular flexibility index (Phi) is 5.21. The van der Waals surface area contributed by atoms with E-state index in [1.807, 2.05) is 67.6 Å². The van der Waals surface area contributed by atoms with Crippen LogP contribution < -0.4 is 10.1 Å². The number of hydrogen-bond acceptors (Lipinski definition) is 3. The van der Waals surface area contributed by atoms with Crippen LogP contribution in [0.25, 0.3) is 21.8 Å². The lowest BCUT2D eigenvalue weighted by Gasteiger charge is -2.21. The van der Waals surface area contributed by atoms with Gasteiger partial charge < -0.3 is 15.0 Å². The second-order valence-electron chi connectivity index (χ2n) is 7.46. The molecule has 0 fully saturated rings. The number of rotatable bonds is 6. The van der Waals surface area contributed by atoms with Crippen LogP contribution in [0.5, 0.6) is 5.75 Å². The van der Waals surface area contributed by atoms with Gasteiger partial charge in [0.2, 0.25) is 0 Å². The van der Waals surface area contributed by atoms with E-state index in [0.717, 1.165) is 27.6 Å². The predicted octanol–water partition coefficient (Wildman–Crippen LogP) is 5.24. The van der Waals surface area contributed by atoms with Gasteiger partial charge in [0.05, 0.1) is 29.2 Å². The molecule has 0 aliphatic carbocycles. The zero-order valence-corrected chi connectivity index (χ0v) is 16.9. The summed E-state index contributed by atoms with van der Waals surface area (Å²) in [6.07, 6.45) is 0. The Hall–Kier alpha value is -3.34. The second kappa shape index (κ2) is 7.95. The molecule has 5 heteroatoms. The third-order valence-corrected chi connectivity index (χ3v) is 5.05. The van der Waals surface area contributed by atoms with Gasteiger partial charge in [0, 0.05) is 0 Å². The van der Waals surface area contributed by atoms with E-state index in [2.05, 4.69) is 29.1 Å². The van der Waals surface area contributed by atoms with Crippen molar-refractivity contribution in [3.05, 3.63) is 72.1 Å². The SMILES string of the molecule is CCOc1cc2ccccc2cc1C(=O)N[C@H](c1nc2ccccc2[nH]1)C(C)C. The van der Waals surface area contributed by atoms with E-state index in [9.17, 15) is 4.79 Å². The van der Waals surface area contributed by atoms with Gasteiger partial charge >= 0.3 is 0 Å². The molecule has 3 aromatic carbocycles. The van der Waals surface area contributed by atoms with Gasteiger partial charge in [0.25, 0.3) is 5.91 Å². The van der Waals surface area contributed by atoms with Gasteiger partial charge in [-0.05, 0) is 47.9 Å². The zero-order valence-electron chi connectivity index (χ0n) is 16.9. The summed E-state index contributed by atoms with van der Waals surface area (Å²) >= 11 is 0. The summed E-state index contributed by atoms with van der Waals surface area (Å²) in [6, 6.07) is 19.4. The Balaban J connectivity index is 1.69. The van der Waals surface area contributed by atoms with Crippen molar-refractivity contribution in [2.45, 2.75) is 26.8 Å². The Morgan fingerprint density at radius 1 is 1.07 bits per heavy atom.